The van der Waals surface area contributed by atoms with E-state index in [9.17, 15) is 15.0 Å². The van der Waals surface area contributed by atoms with Crippen molar-refractivity contribution in [3.8, 4) is 5.75 Å². The highest BCUT2D eigenvalue weighted by Crippen LogP contribution is 2.25. The second kappa shape index (κ2) is 5.65. The predicted molar refractivity (Wildman–Crippen MR) is 63.0 cm³/mol. The highest BCUT2D eigenvalue weighted by atomic mass is 16.4. The zero-order valence-electron chi connectivity index (χ0n) is 9.92. The molecule has 1 atom stereocenters. The van der Waals surface area contributed by atoms with E-state index in [-0.39, 0.29) is 11.3 Å². The second-order valence-corrected chi connectivity index (χ2v) is 4.19. The van der Waals surface area contributed by atoms with Crippen molar-refractivity contribution in [1.29, 1.82) is 0 Å². The van der Waals surface area contributed by atoms with Gasteiger partial charge in [0.05, 0.1) is 0 Å². The quantitative estimate of drug-likeness (QED) is 0.701. The van der Waals surface area contributed by atoms with E-state index in [2.05, 4.69) is 0 Å². The monoisotopic (exact) mass is 239 g/mol. The molecular formula is C12H17NO4. The number of rotatable bonds is 5. The summed E-state index contributed by atoms with van der Waals surface area (Å²) < 4.78 is 0. The fourth-order valence-corrected chi connectivity index (χ4v) is 1.46. The largest absolute Gasteiger partial charge is 0.508 e. The molecule has 0 aliphatic rings. The normalized spacial score (nSPS) is 12.7. The van der Waals surface area contributed by atoms with Crippen LogP contribution >= 0.6 is 0 Å². The van der Waals surface area contributed by atoms with Crippen molar-refractivity contribution in [1.82, 2.24) is 4.90 Å². The minimum Gasteiger partial charge on any atom is -0.508 e. The van der Waals surface area contributed by atoms with Crippen LogP contribution in [0.1, 0.15) is 17.2 Å². The molecule has 0 saturated heterocycles. The number of likely N-dealkylation sites (N-methyl/N-ethyl adjacent to an activating group) is 1. The zero-order chi connectivity index (χ0) is 13.0. The van der Waals surface area contributed by atoms with Gasteiger partial charge in [-0.25, -0.2) is 4.79 Å². The molecule has 0 spiro atoms. The molecule has 5 heteroatoms. The standard InChI is InChI=1S/C12H17NO4/c1-13(2)6-5-8-3-4-10(14)9(7-8)11(15)12(16)17/h3-4,7,11,14-15H,5-6H2,1-2H3,(H,16,17). The number of hydrogen-bond acceptors (Lipinski definition) is 4. The van der Waals surface area contributed by atoms with E-state index in [1.807, 2.05) is 19.0 Å². The lowest BCUT2D eigenvalue weighted by Gasteiger charge is -2.12. The van der Waals surface area contributed by atoms with Crippen LogP contribution in [0.3, 0.4) is 0 Å². The third-order valence-electron chi connectivity index (χ3n) is 2.47. The number of aliphatic carboxylic acids is 1. The lowest BCUT2D eigenvalue weighted by molar-refractivity contribution is -0.147. The van der Waals surface area contributed by atoms with Gasteiger partial charge in [0.2, 0.25) is 0 Å². The highest BCUT2D eigenvalue weighted by Gasteiger charge is 2.19. The molecular weight excluding hydrogens is 222 g/mol. The minimum atomic E-state index is -1.69. The van der Waals surface area contributed by atoms with Crippen LogP contribution in [0.4, 0.5) is 0 Å². The first kappa shape index (κ1) is 13.5. The molecule has 0 saturated carbocycles. The number of carbonyl (C=O) groups is 1. The maximum absolute atomic E-state index is 10.7. The van der Waals surface area contributed by atoms with Crippen molar-refractivity contribution in [3.63, 3.8) is 0 Å². The third kappa shape index (κ3) is 3.72. The fourth-order valence-electron chi connectivity index (χ4n) is 1.46. The summed E-state index contributed by atoms with van der Waals surface area (Å²) in [6.45, 7) is 0.813. The van der Waals surface area contributed by atoms with E-state index in [0.29, 0.717) is 0 Å². The van der Waals surface area contributed by atoms with Crippen molar-refractivity contribution in [2.75, 3.05) is 20.6 Å². The lowest BCUT2D eigenvalue weighted by atomic mass is 10.0. The van der Waals surface area contributed by atoms with E-state index in [4.69, 9.17) is 5.11 Å². The first-order chi connectivity index (χ1) is 7.91. The summed E-state index contributed by atoms with van der Waals surface area (Å²) >= 11 is 0. The summed E-state index contributed by atoms with van der Waals surface area (Å²) in [6, 6.07) is 4.65. The molecule has 0 bridgehead atoms. The molecule has 0 fully saturated rings. The number of phenols is 1. The molecule has 1 unspecified atom stereocenters. The smallest absolute Gasteiger partial charge is 0.337 e. The van der Waals surface area contributed by atoms with Gasteiger partial charge in [0.1, 0.15) is 5.75 Å². The molecule has 17 heavy (non-hydrogen) atoms. The van der Waals surface area contributed by atoms with Gasteiger partial charge in [-0.2, -0.15) is 0 Å². The molecule has 0 aliphatic heterocycles. The summed E-state index contributed by atoms with van der Waals surface area (Å²) in [6.07, 6.45) is -0.957. The first-order valence-electron chi connectivity index (χ1n) is 5.29. The molecule has 0 heterocycles. The number of aliphatic hydroxyl groups excluding tert-OH is 1. The van der Waals surface area contributed by atoms with Crippen molar-refractivity contribution < 1.29 is 20.1 Å². The van der Waals surface area contributed by atoms with E-state index in [0.717, 1.165) is 18.5 Å². The fraction of sp³-hybridized carbons (Fsp3) is 0.417. The predicted octanol–water partition coefficient (Wildman–Crippen LogP) is 0.614. The van der Waals surface area contributed by atoms with Crippen molar-refractivity contribution >= 4 is 5.97 Å². The van der Waals surface area contributed by atoms with Gasteiger partial charge in [-0.3, -0.25) is 0 Å². The van der Waals surface area contributed by atoms with Crippen LogP contribution in [0.25, 0.3) is 0 Å². The van der Waals surface area contributed by atoms with Gasteiger partial charge in [-0.05, 0) is 38.2 Å². The van der Waals surface area contributed by atoms with Crippen LogP contribution < -0.4 is 0 Å². The topological polar surface area (TPSA) is 81.0 Å². The SMILES string of the molecule is CN(C)CCc1ccc(O)c(C(O)C(=O)O)c1. The van der Waals surface area contributed by atoms with Gasteiger partial charge in [0, 0.05) is 12.1 Å². The number of phenolic OH excluding ortho intramolecular Hbond substituents is 1. The zero-order valence-corrected chi connectivity index (χ0v) is 9.92. The van der Waals surface area contributed by atoms with Crippen LogP contribution in [0, 0.1) is 0 Å². The average molecular weight is 239 g/mol. The molecule has 1 aromatic carbocycles. The maximum Gasteiger partial charge on any atom is 0.337 e. The van der Waals surface area contributed by atoms with Gasteiger partial charge in [0.15, 0.2) is 6.10 Å². The van der Waals surface area contributed by atoms with Crippen molar-refractivity contribution in [3.05, 3.63) is 29.3 Å². The summed E-state index contributed by atoms with van der Waals surface area (Å²) in [5.74, 6) is -1.57. The van der Waals surface area contributed by atoms with E-state index < -0.39 is 12.1 Å². The van der Waals surface area contributed by atoms with Gasteiger partial charge in [-0.15, -0.1) is 0 Å². The van der Waals surface area contributed by atoms with Crippen LogP contribution in [-0.2, 0) is 11.2 Å². The molecule has 0 amide bonds. The molecule has 0 aliphatic carbocycles. The second-order valence-electron chi connectivity index (χ2n) is 4.19. The van der Waals surface area contributed by atoms with Crippen LogP contribution in [0.15, 0.2) is 18.2 Å². The lowest BCUT2D eigenvalue weighted by Crippen LogP contribution is -2.15. The Balaban J connectivity index is 2.90. The Labute approximate surface area is 99.9 Å². The molecule has 3 N–H and O–H groups in total. The molecule has 5 nitrogen and oxygen atoms in total. The Hall–Kier alpha value is -1.59. The summed E-state index contributed by atoms with van der Waals surface area (Å²) in [5, 5.41) is 27.6. The van der Waals surface area contributed by atoms with Gasteiger partial charge in [0.25, 0.3) is 0 Å². The number of carboxylic acids is 1. The van der Waals surface area contributed by atoms with Gasteiger partial charge in [-0.1, -0.05) is 6.07 Å². The van der Waals surface area contributed by atoms with E-state index in [1.165, 1.54) is 12.1 Å². The average Bonchev–Trinajstić information content (AvgIpc) is 2.26. The number of benzene rings is 1. The number of hydrogen-bond donors (Lipinski definition) is 3. The molecule has 94 valence electrons. The molecule has 1 rings (SSSR count). The number of aromatic hydroxyl groups is 1. The molecule has 0 aromatic heterocycles. The number of carboxylic acid groups (broad SMARTS) is 1. The van der Waals surface area contributed by atoms with Gasteiger partial charge < -0.3 is 20.2 Å². The van der Waals surface area contributed by atoms with Crippen molar-refractivity contribution in [2.24, 2.45) is 0 Å². The Morgan fingerprint density at radius 3 is 2.59 bits per heavy atom. The van der Waals surface area contributed by atoms with E-state index >= 15 is 0 Å². The van der Waals surface area contributed by atoms with Crippen LogP contribution in [0.2, 0.25) is 0 Å². The summed E-state index contributed by atoms with van der Waals surface area (Å²) in [4.78, 5) is 12.7. The van der Waals surface area contributed by atoms with Crippen LogP contribution in [-0.4, -0.2) is 46.8 Å². The first-order valence-corrected chi connectivity index (χ1v) is 5.29. The number of nitrogens with zero attached hydrogens (tertiary/aromatic N) is 1. The van der Waals surface area contributed by atoms with Crippen LogP contribution in [0.5, 0.6) is 5.75 Å². The summed E-state index contributed by atoms with van der Waals surface area (Å²) in [5.41, 5.74) is 0.917. The van der Waals surface area contributed by atoms with E-state index in [1.54, 1.807) is 6.07 Å². The third-order valence-corrected chi connectivity index (χ3v) is 2.47. The Morgan fingerprint density at radius 2 is 2.06 bits per heavy atom. The maximum atomic E-state index is 10.7. The van der Waals surface area contributed by atoms with Crippen molar-refractivity contribution in [2.45, 2.75) is 12.5 Å². The van der Waals surface area contributed by atoms with Gasteiger partial charge >= 0.3 is 5.97 Å². The Kier molecular flexibility index (Phi) is 4.48. The number of aliphatic hydroxyl groups is 1. The molecule has 1 aromatic rings. The molecule has 0 radical (unpaired) electrons. The summed E-state index contributed by atoms with van der Waals surface area (Å²) in [7, 11) is 3.88. The minimum absolute atomic E-state index is 0.0359. The Bertz CT molecular complexity index is 403. The highest BCUT2D eigenvalue weighted by molar-refractivity contribution is 5.75. The Morgan fingerprint density at radius 1 is 1.41 bits per heavy atom.